The van der Waals surface area contributed by atoms with Gasteiger partial charge >= 0.3 is 6.09 Å². The molecule has 1 rings (SSSR count). The molecule has 1 amide bonds. The zero-order valence-corrected chi connectivity index (χ0v) is 12.0. The number of ether oxygens (including phenoxy) is 1. The standard InChI is InChI=1S/C15H27NO3/c1-2-3-4-5-6-7-8-9-10-15(11-12-17)13-19-14(18)16-15/h9-10,17H,2-8,11-13H2,1H3,(H,16,18)/b10-9+/t15-/m0/s1. The largest absolute Gasteiger partial charge is 0.447 e. The van der Waals surface area contributed by atoms with Gasteiger partial charge in [0.1, 0.15) is 6.61 Å². The summed E-state index contributed by atoms with van der Waals surface area (Å²) >= 11 is 0. The fourth-order valence-electron chi connectivity index (χ4n) is 2.33. The molecule has 0 aromatic heterocycles. The van der Waals surface area contributed by atoms with E-state index in [0.717, 1.165) is 6.42 Å². The first-order valence-corrected chi connectivity index (χ1v) is 7.46. The summed E-state index contributed by atoms with van der Waals surface area (Å²) < 4.78 is 4.93. The van der Waals surface area contributed by atoms with Gasteiger partial charge in [0.05, 0.1) is 5.54 Å². The molecule has 0 radical (unpaired) electrons. The molecule has 4 nitrogen and oxygen atoms in total. The molecule has 0 aromatic carbocycles. The van der Waals surface area contributed by atoms with E-state index in [1.807, 2.05) is 6.08 Å². The molecule has 0 spiro atoms. The number of rotatable bonds is 10. The lowest BCUT2D eigenvalue weighted by Crippen LogP contribution is -2.42. The van der Waals surface area contributed by atoms with Crippen molar-refractivity contribution in [3.05, 3.63) is 12.2 Å². The van der Waals surface area contributed by atoms with E-state index in [4.69, 9.17) is 9.84 Å². The molecule has 19 heavy (non-hydrogen) atoms. The van der Waals surface area contributed by atoms with Gasteiger partial charge in [-0.05, 0) is 12.8 Å². The van der Waals surface area contributed by atoms with E-state index in [9.17, 15) is 4.79 Å². The second-order valence-electron chi connectivity index (χ2n) is 5.29. The summed E-state index contributed by atoms with van der Waals surface area (Å²) in [5, 5.41) is 11.8. The molecule has 0 bridgehead atoms. The molecule has 1 saturated heterocycles. The van der Waals surface area contributed by atoms with Gasteiger partial charge in [0.2, 0.25) is 0 Å². The summed E-state index contributed by atoms with van der Waals surface area (Å²) in [4.78, 5) is 11.1. The van der Waals surface area contributed by atoms with Gasteiger partial charge in [-0.2, -0.15) is 0 Å². The minimum absolute atomic E-state index is 0.0466. The Morgan fingerprint density at radius 2 is 2.05 bits per heavy atom. The Bertz CT molecular complexity index is 291. The Hall–Kier alpha value is -1.03. The summed E-state index contributed by atoms with van der Waals surface area (Å²) in [5.74, 6) is 0. The second-order valence-corrected chi connectivity index (χ2v) is 5.29. The van der Waals surface area contributed by atoms with Crippen LogP contribution >= 0.6 is 0 Å². The van der Waals surface area contributed by atoms with Crippen LogP contribution < -0.4 is 5.32 Å². The molecule has 110 valence electrons. The highest BCUT2D eigenvalue weighted by Crippen LogP contribution is 2.19. The maximum Gasteiger partial charge on any atom is 0.408 e. The normalized spacial score (nSPS) is 22.7. The molecule has 1 fully saturated rings. The van der Waals surface area contributed by atoms with Crippen molar-refractivity contribution in [1.82, 2.24) is 5.32 Å². The first-order valence-electron chi connectivity index (χ1n) is 7.46. The van der Waals surface area contributed by atoms with E-state index < -0.39 is 11.6 Å². The van der Waals surface area contributed by atoms with E-state index in [-0.39, 0.29) is 6.61 Å². The van der Waals surface area contributed by atoms with Gasteiger partial charge in [0, 0.05) is 13.0 Å². The number of aliphatic hydroxyl groups excluding tert-OH is 1. The number of aliphatic hydroxyl groups is 1. The Morgan fingerprint density at radius 3 is 2.68 bits per heavy atom. The van der Waals surface area contributed by atoms with Crippen LogP contribution in [0, 0.1) is 0 Å². The first-order chi connectivity index (χ1) is 9.22. The predicted octanol–water partition coefficient (Wildman–Crippen LogP) is 3.15. The van der Waals surface area contributed by atoms with Crippen molar-refractivity contribution in [3.8, 4) is 0 Å². The smallest absolute Gasteiger partial charge is 0.408 e. The van der Waals surface area contributed by atoms with Crippen molar-refractivity contribution >= 4 is 6.09 Å². The van der Waals surface area contributed by atoms with Gasteiger partial charge in [0.25, 0.3) is 0 Å². The van der Waals surface area contributed by atoms with Gasteiger partial charge in [-0.3, -0.25) is 0 Å². The van der Waals surface area contributed by atoms with Crippen molar-refractivity contribution < 1.29 is 14.6 Å². The number of carbonyl (C=O) groups is 1. The molecule has 0 aromatic rings. The SMILES string of the molecule is CCCCCCCC/C=C/[C@]1(CCO)COC(=O)N1. The van der Waals surface area contributed by atoms with Crippen molar-refractivity contribution in [3.63, 3.8) is 0 Å². The van der Waals surface area contributed by atoms with Gasteiger partial charge in [-0.25, -0.2) is 4.79 Å². The highest BCUT2D eigenvalue weighted by molar-refractivity contribution is 5.71. The van der Waals surface area contributed by atoms with Crippen molar-refractivity contribution in [1.29, 1.82) is 0 Å². The van der Waals surface area contributed by atoms with Gasteiger partial charge in [-0.1, -0.05) is 51.2 Å². The Labute approximate surface area is 116 Å². The minimum Gasteiger partial charge on any atom is -0.447 e. The van der Waals surface area contributed by atoms with E-state index in [0.29, 0.717) is 13.0 Å². The lowest BCUT2D eigenvalue weighted by atomic mass is 9.96. The number of unbranched alkanes of at least 4 members (excludes halogenated alkanes) is 6. The van der Waals surface area contributed by atoms with Crippen LogP contribution in [0.4, 0.5) is 4.79 Å². The van der Waals surface area contributed by atoms with Crippen molar-refractivity contribution in [2.24, 2.45) is 0 Å². The number of cyclic esters (lactones) is 1. The maximum atomic E-state index is 11.1. The topological polar surface area (TPSA) is 58.6 Å². The third-order valence-electron chi connectivity index (χ3n) is 3.53. The Balaban J connectivity index is 2.20. The van der Waals surface area contributed by atoms with Gasteiger partial charge in [-0.15, -0.1) is 0 Å². The lowest BCUT2D eigenvalue weighted by Gasteiger charge is -2.21. The first kappa shape index (κ1) is 16.0. The number of allylic oxidation sites excluding steroid dienone is 1. The minimum atomic E-state index is -0.492. The molecule has 0 unspecified atom stereocenters. The van der Waals surface area contributed by atoms with Crippen molar-refractivity contribution in [2.75, 3.05) is 13.2 Å². The molecule has 1 aliphatic rings. The van der Waals surface area contributed by atoms with Crippen LogP contribution in [-0.2, 0) is 4.74 Å². The maximum absolute atomic E-state index is 11.1. The van der Waals surface area contributed by atoms with Crippen molar-refractivity contribution in [2.45, 2.75) is 63.8 Å². The van der Waals surface area contributed by atoms with E-state index in [1.165, 1.54) is 38.5 Å². The predicted molar refractivity (Wildman–Crippen MR) is 76.1 cm³/mol. The average Bonchev–Trinajstić information content (AvgIpc) is 2.75. The molecule has 2 N–H and O–H groups in total. The molecule has 0 saturated carbocycles. The summed E-state index contributed by atoms with van der Waals surface area (Å²) in [7, 11) is 0. The molecule has 0 aliphatic carbocycles. The quantitative estimate of drug-likeness (QED) is 0.473. The summed E-state index contributed by atoms with van der Waals surface area (Å²) in [6.45, 7) is 2.59. The van der Waals surface area contributed by atoms with Crippen LogP contribution in [0.15, 0.2) is 12.2 Å². The third kappa shape index (κ3) is 6.10. The second kappa shape index (κ2) is 8.97. The van der Waals surface area contributed by atoms with Gasteiger partial charge in [0.15, 0.2) is 0 Å². The number of hydrogen-bond donors (Lipinski definition) is 2. The van der Waals surface area contributed by atoms with Crippen LogP contribution in [0.3, 0.4) is 0 Å². The van der Waals surface area contributed by atoms with Crippen LogP contribution in [0.25, 0.3) is 0 Å². The van der Waals surface area contributed by atoms with E-state index >= 15 is 0 Å². The Kier molecular flexibility index (Phi) is 7.56. The summed E-state index contributed by atoms with van der Waals surface area (Å²) in [6, 6.07) is 0. The van der Waals surface area contributed by atoms with Crippen LogP contribution in [0.2, 0.25) is 0 Å². The van der Waals surface area contributed by atoms with Crippen LogP contribution in [0.1, 0.15) is 58.3 Å². The number of alkyl carbamates (subject to hydrolysis) is 1. The average molecular weight is 269 g/mol. The third-order valence-corrected chi connectivity index (χ3v) is 3.53. The van der Waals surface area contributed by atoms with E-state index in [1.54, 1.807) is 0 Å². The molecule has 1 heterocycles. The number of amides is 1. The van der Waals surface area contributed by atoms with Gasteiger partial charge < -0.3 is 15.2 Å². The Morgan fingerprint density at radius 1 is 1.32 bits per heavy atom. The lowest BCUT2D eigenvalue weighted by molar-refractivity contribution is 0.171. The number of carbonyl (C=O) groups excluding carboxylic acids is 1. The fourth-order valence-corrected chi connectivity index (χ4v) is 2.33. The number of hydrogen-bond acceptors (Lipinski definition) is 3. The van der Waals surface area contributed by atoms with Crippen LogP contribution in [0.5, 0.6) is 0 Å². The van der Waals surface area contributed by atoms with E-state index in [2.05, 4.69) is 18.3 Å². The summed E-state index contributed by atoms with van der Waals surface area (Å²) in [6.07, 6.45) is 12.9. The fraction of sp³-hybridized carbons (Fsp3) is 0.800. The summed E-state index contributed by atoms with van der Waals surface area (Å²) in [5.41, 5.74) is -0.492. The zero-order chi connectivity index (χ0) is 14.0. The monoisotopic (exact) mass is 269 g/mol. The molecule has 1 aliphatic heterocycles. The molecule has 4 heteroatoms. The number of nitrogens with one attached hydrogen (secondary N) is 1. The molecular weight excluding hydrogens is 242 g/mol. The highest BCUT2D eigenvalue weighted by Gasteiger charge is 2.36. The zero-order valence-electron chi connectivity index (χ0n) is 12.0. The highest BCUT2D eigenvalue weighted by atomic mass is 16.6. The molecule has 1 atom stereocenters. The van der Waals surface area contributed by atoms with Crippen LogP contribution in [-0.4, -0.2) is 30.0 Å². The molecular formula is C15H27NO3.